The first-order valence-electron chi connectivity index (χ1n) is 7.01. The van der Waals surface area contributed by atoms with Gasteiger partial charge in [-0.3, -0.25) is 0 Å². The molecule has 0 heterocycles. The molecule has 0 aliphatic rings. The van der Waals surface area contributed by atoms with E-state index in [2.05, 4.69) is 12.2 Å². The van der Waals surface area contributed by atoms with Gasteiger partial charge in [0.2, 0.25) is 0 Å². The van der Waals surface area contributed by atoms with Gasteiger partial charge in [0.1, 0.15) is 5.75 Å². The second-order valence-corrected chi connectivity index (χ2v) is 5.98. The Labute approximate surface area is 122 Å². The van der Waals surface area contributed by atoms with Crippen molar-refractivity contribution in [1.29, 1.82) is 0 Å². The van der Waals surface area contributed by atoms with Crippen LogP contribution >= 0.6 is 0 Å². The Balaban J connectivity index is 2.36. The number of hydrogen-bond donors (Lipinski definition) is 2. The SMILES string of the molecule is COc1ccc([C@@H](C)NCC(O)COC(C)(C)C)cc1. The van der Waals surface area contributed by atoms with Crippen LogP contribution < -0.4 is 10.1 Å². The van der Waals surface area contributed by atoms with Gasteiger partial charge in [-0.1, -0.05) is 12.1 Å². The zero-order valence-corrected chi connectivity index (χ0v) is 13.1. The molecule has 1 unspecified atom stereocenters. The molecule has 0 amide bonds. The predicted octanol–water partition coefficient (Wildman–Crippen LogP) is 2.52. The van der Waals surface area contributed by atoms with E-state index in [0.717, 1.165) is 11.3 Å². The second-order valence-electron chi connectivity index (χ2n) is 5.98. The van der Waals surface area contributed by atoms with Crippen molar-refractivity contribution in [3.63, 3.8) is 0 Å². The lowest BCUT2D eigenvalue weighted by atomic mass is 10.1. The van der Waals surface area contributed by atoms with Crippen molar-refractivity contribution in [2.24, 2.45) is 0 Å². The number of benzene rings is 1. The van der Waals surface area contributed by atoms with E-state index in [4.69, 9.17) is 9.47 Å². The van der Waals surface area contributed by atoms with Gasteiger partial charge in [0.05, 0.1) is 25.4 Å². The summed E-state index contributed by atoms with van der Waals surface area (Å²) in [6.45, 7) is 8.85. The van der Waals surface area contributed by atoms with E-state index in [1.165, 1.54) is 0 Å². The van der Waals surface area contributed by atoms with E-state index in [0.29, 0.717) is 13.2 Å². The van der Waals surface area contributed by atoms with Gasteiger partial charge in [-0.05, 0) is 45.4 Å². The number of methoxy groups -OCH3 is 1. The van der Waals surface area contributed by atoms with Gasteiger partial charge >= 0.3 is 0 Å². The van der Waals surface area contributed by atoms with Crippen molar-refractivity contribution >= 4 is 0 Å². The first kappa shape index (κ1) is 17.0. The number of hydrogen-bond acceptors (Lipinski definition) is 4. The standard InChI is InChI=1S/C16H27NO3/c1-12(13-6-8-15(19-5)9-7-13)17-10-14(18)11-20-16(2,3)4/h6-9,12,14,17-18H,10-11H2,1-5H3/t12-,14?/m1/s1. The molecule has 2 N–H and O–H groups in total. The van der Waals surface area contributed by atoms with Crippen LogP contribution in [0.2, 0.25) is 0 Å². The largest absolute Gasteiger partial charge is 0.497 e. The summed E-state index contributed by atoms with van der Waals surface area (Å²) in [6.07, 6.45) is -0.505. The van der Waals surface area contributed by atoms with Crippen LogP contribution in [0.15, 0.2) is 24.3 Å². The highest BCUT2D eigenvalue weighted by atomic mass is 16.5. The molecule has 0 saturated heterocycles. The van der Waals surface area contributed by atoms with Gasteiger partial charge in [0.25, 0.3) is 0 Å². The lowest BCUT2D eigenvalue weighted by molar-refractivity contribution is -0.0482. The molecular weight excluding hydrogens is 254 g/mol. The zero-order chi connectivity index (χ0) is 15.2. The second kappa shape index (κ2) is 7.62. The molecule has 0 radical (unpaired) electrons. The van der Waals surface area contributed by atoms with Crippen molar-refractivity contribution in [2.45, 2.75) is 45.4 Å². The topological polar surface area (TPSA) is 50.7 Å². The van der Waals surface area contributed by atoms with E-state index >= 15 is 0 Å². The first-order valence-corrected chi connectivity index (χ1v) is 7.01. The summed E-state index contributed by atoms with van der Waals surface area (Å²) in [7, 11) is 1.66. The molecule has 0 aromatic heterocycles. The molecule has 1 rings (SSSR count). The number of aliphatic hydroxyl groups excluding tert-OH is 1. The highest BCUT2D eigenvalue weighted by Gasteiger charge is 2.14. The molecule has 20 heavy (non-hydrogen) atoms. The number of rotatable bonds is 7. The van der Waals surface area contributed by atoms with Gasteiger partial charge in [0, 0.05) is 12.6 Å². The molecule has 0 bridgehead atoms. The summed E-state index contributed by atoms with van der Waals surface area (Å²) in [5.74, 6) is 0.847. The Morgan fingerprint density at radius 1 is 1.20 bits per heavy atom. The molecule has 0 spiro atoms. The summed E-state index contributed by atoms with van der Waals surface area (Å²) < 4.78 is 10.7. The van der Waals surface area contributed by atoms with Crippen molar-refractivity contribution in [1.82, 2.24) is 5.32 Å². The van der Waals surface area contributed by atoms with E-state index in [1.807, 2.05) is 45.0 Å². The van der Waals surface area contributed by atoms with Gasteiger partial charge in [-0.2, -0.15) is 0 Å². The average molecular weight is 281 g/mol. The third kappa shape index (κ3) is 6.37. The lowest BCUT2D eigenvalue weighted by Crippen LogP contribution is -2.34. The van der Waals surface area contributed by atoms with Crippen LogP contribution in [0.3, 0.4) is 0 Å². The third-order valence-corrected chi connectivity index (χ3v) is 2.98. The monoisotopic (exact) mass is 281 g/mol. The minimum Gasteiger partial charge on any atom is -0.497 e. The number of aliphatic hydroxyl groups is 1. The van der Waals surface area contributed by atoms with Crippen LogP contribution in [0, 0.1) is 0 Å². The molecule has 0 saturated carbocycles. The van der Waals surface area contributed by atoms with E-state index in [9.17, 15) is 5.11 Å². The Hall–Kier alpha value is -1.10. The maximum Gasteiger partial charge on any atom is 0.118 e. The summed E-state index contributed by atoms with van der Waals surface area (Å²) in [5, 5.41) is 13.2. The van der Waals surface area contributed by atoms with E-state index in [1.54, 1.807) is 7.11 Å². The van der Waals surface area contributed by atoms with Gasteiger partial charge in [0.15, 0.2) is 0 Å². The molecule has 1 aromatic carbocycles. The van der Waals surface area contributed by atoms with E-state index in [-0.39, 0.29) is 11.6 Å². The molecular formula is C16H27NO3. The lowest BCUT2D eigenvalue weighted by Gasteiger charge is -2.23. The maximum absolute atomic E-state index is 9.88. The molecule has 114 valence electrons. The van der Waals surface area contributed by atoms with Crippen molar-refractivity contribution in [3.8, 4) is 5.75 Å². The molecule has 2 atom stereocenters. The number of ether oxygens (including phenoxy) is 2. The number of nitrogens with one attached hydrogen (secondary N) is 1. The van der Waals surface area contributed by atoms with E-state index < -0.39 is 6.10 Å². The fraction of sp³-hybridized carbons (Fsp3) is 0.625. The first-order chi connectivity index (χ1) is 9.31. The van der Waals surface area contributed by atoms with Crippen LogP contribution in [0.25, 0.3) is 0 Å². The summed E-state index contributed by atoms with van der Waals surface area (Å²) in [4.78, 5) is 0. The minimum absolute atomic E-state index is 0.171. The Morgan fingerprint density at radius 3 is 2.30 bits per heavy atom. The smallest absolute Gasteiger partial charge is 0.118 e. The van der Waals surface area contributed by atoms with Crippen molar-refractivity contribution in [3.05, 3.63) is 29.8 Å². The summed E-state index contributed by atoms with van der Waals surface area (Å²) in [6, 6.07) is 8.09. The molecule has 0 aliphatic heterocycles. The van der Waals surface area contributed by atoms with Crippen LogP contribution in [0.5, 0.6) is 5.75 Å². The summed E-state index contributed by atoms with van der Waals surface area (Å²) in [5.41, 5.74) is 0.942. The zero-order valence-electron chi connectivity index (χ0n) is 13.1. The third-order valence-electron chi connectivity index (χ3n) is 2.98. The molecule has 1 aromatic rings. The minimum atomic E-state index is -0.505. The van der Waals surface area contributed by atoms with Crippen LogP contribution in [-0.4, -0.2) is 37.1 Å². The fourth-order valence-corrected chi connectivity index (χ4v) is 1.73. The van der Waals surface area contributed by atoms with Gasteiger partial charge in [-0.25, -0.2) is 0 Å². The molecule has 0 fully saturated rings. The highest BCUT2D eigenvalue weighted by Crippen LogP contribution is 2.17. The highest BCUT2D eigenvalue weighted by molar-refractivity contribution is 5.28. The normalized spacial score (nSPS) is 14.9. The maximum atomic E-state index is 9.88. The summed E-state index contributed by atoms with van der Waals surface area (Å²) >= 11 is 0. The fourth-order valence-electron chi connectivity index (χ4n) is 1.73. The van der Waals surface area contributed by atoms with Crippen LogP contribution in [0.1, 0.15) is 39.3 Å². The average Bonchev–Trinajstić information content (AvgIpc) is 2.41. The van der Waals surface area contributed by atoms with Gasteiger partial charge in [-0.15, -0.1) is 0 Å². The van der Waals surface area contributed by atoms with Crippen molar-refractivity contribution in [2.75, 3.05) is 20.3 Å². The Bertz CT molecular complexity index is 384. The van der Waals surface area contributed by atoms with Crippen LogP contribution in [-0.2, 0) is 4.74 Å². The van der Waals surface area contributed by atoms with Gasteiger partial charge < -0.3 is 19.9 Å². The van der Waals surface area contributed by atoms with Crippen molar-refractivity contribution < 1.29 is 14.6 Å². The predicted molar refractivity (Wildman–Crippen MR) is 81.1 cm³/mol. The molecule has 4 heteroatoms. The molecule has 4 nitrogen and oxygen atoms in total. The Kier molecular flexibility index (Phi) is 6.46. The molecule has 0 aliphatic carbocycles. The Morgan fingerprint density at radius 2 is 1.80 bits per heavy atom. The quantitative estimate of drug-likeness (QED) is 0.806. The van der Waals surface area contributed by atoms with Crippen LogP contribution in [0.4, 0.5) is 0 Å².